The lowest BCUT2D eigenvalue weighted by Crippen LogP contribution is -2.63. The zero-order valence-corrected chi connectivity index (χ0v) is 24.3. The maximum atomic E-state index is 12.8. The molecule has 39 heavy (non-hydrogen) atoms. The van der Waals surface area contributed by atoms with Crippen LogP contribution in [0.4, 0.5) is 0 Å². The second-order valence-corrected chi connectivity index (χ2v) is 12.8. The summed E-state index contributed by atoms with van der Waals surface area (Å²) in [5, 5.41) is 0. The Morgan fingerprint density at radius 1 is 1.00 bits per heavy atom. The van der Waals surface area contributed by atoms with Gasteiger partial charge in [-0.1, -0.05) is 30.3 Å². The van der Waals surface area contributed by atoms with Crippen molar-refractivity contribution in [2.24, 2.45) is 10.8 Å². The summed E-state index contributed by atoms with van der Waals surface area (Å²) < 4.78 is 43.2. The summed E-state index contributed by atoms with van der Waals surface area (Å²) in [7, 11) is 0. The van der Waals surface area contributed by atoms with Crippen LogP contribution in [0.1, 0.15) is 61.0 Å². The molecule has 3 heterocycles. The molecule has 5 atom stereocenters. The average Bonchev–Trinajstić information content (AvgIpc) is 3.41. The van der Waals surface area contributed by atoms with E-state index in [0.29, 0.717) is 18.8 Å². The Morgan fingerprint density at radius 2 is 1.64 bits per heavy atom. The third kappa shape index (κ3) is 6.38. The molecule has 0 aromatic heterocycles. The van der Waals surface area contributed by atoms with Crippen LogP contribution in [-0.2, 0) is 49.4 Å². The lowest BCUT2D eigenvalue weighted by Gasteiger charge is -2.45. The topological polar surface area (TPSA) is 98.8 Å². The Hall–Kier alpha value is -2.30. The Morgan fingerprint density at radius 3 is 2.28 bits per heavy atom. The minimum absolute atomic E-state index is 0.0531. The zero-order valence-electron chi connectivity index (χ0n) is 24.3. The van der Waals surface area contributed by atoms with Gasteiger partial charge in [0.05, 0.1) is 24.0 Å². The number of benzene rings is 1. The fourth-order valence-corrected chi connectivity index (χ4v) is 4.87. The first-order valence-electron chi connectivity index (χ1n) is 13.5. The number of carbonyl (C=O) groups excluding carboxylic acids is 2. The van der Waals surface area contributed by atoms with Gasteiger partial charge in [0.25, 0.3) is 0 Å². The lowest BCUT2D eigenvalue weighted by molar-refractivity contribution is -0.247. The fourth-order valence-electron chi connectivity index (χ4n) is 4.87. The van der Waals surface area contributed by atoms with Crippen LogP contribution in [0.3, 0.4) is 0 Å². The highest BCUT2D eigenvalue weighted by molar-refractivity contribution is 5.76. The van der Waals surface area contributed by atoms with E-state index in [1.807, 2.05) is 44.2 Å². The van der Waals surface area contributed by atoms with E-state index in [4.69, 9.17) is 33.2 Å². The van der Waals surface area contributed by atoms with E-state index in [9.17, 15) is 9.59 Å². The molecule has 0 radical (unpaired) electrons. The molecule has 216 valence electrons. The number of rotatable bonds is 8. The number of esters is 2. The van der Waals surface area contributed by atoms with E-state index < -0.39 is 40.7 Å². The first kappa shape index (κ1) is 29.7. The Balaban J connectivity index is 1.68. The Labute approximate surface area is 231 Å². The quantitative estimate of drug-likeness (QED) is 0.349. The van der Waals surface area contributed by atoms with Gasteiger partial charge in [-0.3, -0.25) is 9.59 Å². The monoisotopic (exact) mass is 546 g/mol. The average molecular weight is 547 g/mol. The molecule has 1 aromatic carbocycles. The summed E-state index contributed by atoms with van der Waals surface area (Å²) in [4.78, 5) is 25.3. The highest BCUT2D eigenvalue weighted by Gasteiger charge is 2.70. The maximum Gasteiger partial charge on any atom is 0.311 e. The second kappa shape index (κ2) is 10.9. The van der Waals surface area contributed by atoms with Crippen molar-refractivity contribution in [2.75, 3.05) is 19.8 Å². The molecule has 4 rings (SSSR count). The van der Waals surface area contributed by atoms with Crippen molar-refractivity contribution in [1.29, 1.82) is 0 Å². The van der Waals surface area contributed by atoms with Crippen LogP contribution in [0.2, 0.25) is 0 Å². The van der Waals surface area contributed by atoms with E-state index >= 15 is 0 Å². The molecule has 3 aliphatic rings. The third-order valence-electron chi connectivity index (χ3n) is 6.89. The summed E-state index contributed by atoms with van der Waals surface area (Å²) in [5.41, 5.74) is -1.16. The van der Waals surface area contributed by atoms with Crippen molar-refractivity contribution >= 4 is 11.9 Å². The van der Waals surface area contributed by atoms with Gasteiger partial charge in [0, 0.05) is 5.57 Å². The predicted molar refractivity (Wildman–Crippen MR) is 141 cm³/mol. The van der Waals surface area contributed by atoms with Gasteiger partial charge in [-0.15, -0.1) is 0 Å². The van der Waals surface area contributed by atoms with Gasteiger partial charge in [-0.05, 0) is 67.0 Å². The normalized spacial score (nSPS) is 30.1. The molecule has 0 saturated carbocycles. The molecule has 9 nitrogen and oxygen atoms in total. The van der Waals surface area contributed by atoms with E-state index in [1.165, 1.54) is 0 Å². The predicted octanol–water partition coefficient (Wildman–Crippen LogP) is 4.32. The molecule has 3 aliphatic heterocycles. The highest BCUT2D eigenvalue weighted by Crippen LogP contribution is 2.52. The highest BCUT2D eigenvalue weighted by atomic mass is 16.8. The van der Waals surface area contributed by atoms with E-state index in [2.05, 4.69) is 0 Å². The SMILES string of the molecule is CC1(C)O[C@H]2[C@@H](OCc3ccccc3)[C@H]3CO[C@H](O3)[C@@]2(/C(=C/COC(=O)C(C)(C)C)COC(=O)C(C)(C)C)O1. The largest absolute Gasteiger partial charge is 0.461 e. The minimum atomic E-state index is -1.30. The van der Waals surface area contributed by atoms with Crippen LogP contribution in [-0.4, -0.2) is 67.7 Å². The third-order valence-corrected chi connectivity index (χ3v) is 6.89. The Bertz CT molecular complexity index is 1070. The van der Waals surface area contributed by atoms with Crippen molar-refractivity contribution in [3.05, 3.63) is 47.5 Å². The van der Waals surface area contributed by atoms with Gasteiger partial charge in [-0.2, -0.15) is 0 Å². The Kier molecular flexibility index (Phi) is 8.32. The van der Waals surface area contributed by atoms with Crippen molar-refractivity contribution in [3.63, 3.8) is 0 Å². The number of fused-ring (bicyclic) bond motifs is 4. The summed E-state index contributed by atoms with van der Waals surface area (Å²) in [6, 6.07) is 9.84. The molecule has 0 amide bonds. The number of ether oxygens (including phenoxy) is 7. The van der Waals surface area contributed by atoms with Crippen LogP contribution in [0.15, 0.2) is 42.0 Å². The first-order valence-corrected chi connectivity index (χ1v) is 13.5. The summed E-state index contributed by atoms with van der Waals surface area (Å²) >= 11 is 0. The number of carbonyl (C=O) groups is 2. The molecule has 3 saturated heterocycles. The molecule has 0 N–H and O–H groups in total. The molecule has 0 aliphatic carbocycles. The minimum Gasteiger partial charge on any atom is -0.461 e. The smallest absolute Gasteiger partial charge is 0.311 e. The van der Waals surface area contributed by atoms with Crippen molar-refractivity contribution in [1.82, 2.24) is 0 Å². The number of hydrogen-bond acceptors (Lipinski definition) is 9. The van der Waals surface area contributed by atoms with Gasteiger partial charge in [0.15, 0.2) is 17.7 Å². The van der Waals surface area contributed by atoms with Crippen molar-refractivity contribution < 1.29 is 42.7 Å². The number of hydrogen-bond donors (Lipinski definition) is 0. The molecule has 9 heteroatoms. The molecule has 1 aromatic rings. The van der Waals surface area contributed by atoms with Crippen LogP contribution >= 0.6 is 0 Å². The van der Waals surface area contributed by atoms with Crippen molar-refractivity contribution in [3.8, 4) is 0 Å². The second-order valence-electron chi connectivity index (χ2n) is 12.8. The van der Waals surface area contributed by atoms with Crippen LogP contribution in [0.25, 0.3) is 0 Å². The zero-order chi connectivity index (χ0) is 28.6. The van der Waals surface area contributed by atoms with Gasteiger partial charge in [-0.25, -0.2) is 0 Å². The summed E-state index contributed by atoms with van der Waals surface area (Å²) in [5.74, 6) is -1.76. The fraction of sp³-hybridized carbons (Fsp3) is 0.667. The van der Waals surface area contributed by atoms with Gasteiger partial charge >= 0.3 is 11.9 Å². The van der Waals surface area contributed by atoms with Crippen LogP contribution < -0.4 is 0 Å². The summed E-state index contributed by atoms with van der Waals surface area (Å²) in [6.07, 6.45) is -0.670. The standard InChI is InChI=1S/C30H42O9/c1-27(2,3)24(31)33-15-14-20(17-35-25(32)28(4,5)6)30-23(38-29(7,8)39-30)22(21-18-36-26(30)37-21)34-16-19-12-10-9-11-13-19/h9-14,21-23,26H,15-18H2,1-8H3/b20-14+/t21-,22+,23+,26-,30+/m1/s1. The summed E-state index contributed by atoms with van der Waals surface area (Å²) in [6.45, 7) is 14.8. The lowest BCUT2D eigenvalue weighted by atomic mass is 9.81. The van der Waals surface area contributed by atoms with Gasteiger partial charge < -0.3 is 33.2 Å². The molecular weight excluding hydrogens is 504 g/mol. The van der Waals surface area contributed by atoms with Gasteiger partial charge in [0.1, 0.15) is 31.5 Å². The molecule has 3 fully saturated rings. The van der Waals surface area contributed by atoms with Gasteiger partial charge in [0.2, 0.25) is 0 Å². The van der Waals surface area contributed by atoms with E-state index in [0.717, 1.165) is 5.56 Å². The molecule has 0 spiro atoms. The van der Waals surface area contributed by atoms with Crippen LogP contribution in [0.5, 0.6) is 0 Å². The molecule has 0 unspecified atom stereocenters. The molecular formula is C30H42O9. The van der Waals surface area contributed by atoms with Crippen molar-refractivity contribution in [2.45, 2.75) is 98.0 Å². The molecule has 2 bridgehead atoms. The maximum absolute atomic E-state index is 12.8. The van der Waals surface area contributed by atoms with Crippen LogP contribution in [0, 0.1) is 10.8 Å². The van der Waals surface area contributed by atoms with E-state index in [1.54, 1.807) is 47.6 Å². The first-order chi connectivity index (χ1) is 18.1. The van der Waals surface area contributed by atoms with E-state index in [-0.39, 0.29) is 31.3 Å².